The fraction of sp³-hybridized carbons (Fsp3) is 1.00. The van der Waals surface area contributed by atoms with Gasteiger partial charge in [0, 0.05) is 12.1 Å². The number of rotatable bonds is 4. The molecule has 0 aromatic rings. The van der Waals surface area contributed by atoms with Crippen LogP contribution in [0.3, 0.4) is 0 Å². The van der Waals surface area contributed by atoms with E-state index in [1.54, 1.807) is 0 Å². The normalized spacial score (nSPS) is 38.6. The van der Waals surface area contributed by atoms with Crippen LogP contribution >= 0.6 is 0 Å². The van der Waals surface area contributed by atoms with Crippen LogP contribution in [0.4, 0.5) is 0 Å². The van der Waals surface area contributed by atoms with Crippen molar-refractivity contribution >= 4 is 0 Å². The van der Waals surface area contributed by atoms with Crippen LogP contribution in [0.25, 0.3) is 0 Å². The second-order valence-electron chi connectivity index (χ2n) is 5.49. The standard InChI is InChI=1S/C12H24N2/c1-10-4-6-12(9-13,7-5-10)14-8-11-2-3-11/h10-11,14H,2-9,13H2,1H3. The molecule has 3 N–H and O–H groups in total. The summed E-state index contributed by atoms with van der Waals surface area (Å²) in [5.41, 5.74) is 6.23. The van der Waals surface area contributed by atoms with Gasteiger partial charge in [0.05, 0.1) is 0 Å². The predicted octanol–water partition coefficient (Wildman–Crippen LogP) is 1.89. The molecule has 2 aliphatic rings. The smallest absolute Gasteiger partial charge is 0.0304 e. The third-order valence-corrected chi connectivity index (χ3v) is 4.08. The molecule has 0 aliphatic heterocycles. The molecule has 0 unspecified atom stereocenters. The lowest BCUT2D eigenvalue weighted by Gasteiger charge is -2.39. The molecule has 2 rings (SSSR count). The minimum absolute atomic E-state index is 0.301. The van der Waals surface area contributed by atoms with Crippen molar-refractivity contribution in [3.05, 3.63) is 0 Å². The van der Waals surface area contributed by atoms with Crippen molar-refractivity contribution in [2.45, 2.75) is 51.0 Å². The van der Waals surface area contributed by atoms with E-state index in [4.69, 9.17) is 5.73 Å². The SMILES string of the molecule is CC1CCC(CN)(NCC2CC2)CC1. The Morgan fingerprint density at radius 2 is 1.86 bits per heavy atom. The van der Waals surface area contributed by atoms with Crippen molar-refractivity contribution in [1.29, 1.82) is 0 Å². The molecule has 0 bridgehead atoms. The maximum atomic E-state index is 5.93. The molecule has 0 heterocycles. The van der Waals surface area contributed by atoms with E-state index in [2.05, 4.69) is 12.2 Å². The first kappa shape index (κ1) is 10.4. The number of hydrogen-bond donors (Lipinski definition) is 2. The van der Waals surface area contributed by atoms with Gasteiger partial charge in [-0.3, -0.25) is 0 Å². The van der Waals surface area contributed by atoms with E-state index in [0.717, 1.165) is 18.4 Å². The van der Waals surface area contributed by atoms with E-state index < -0.39 is 0 Å². The van der Waals surface area contributed by atoms with Crippen LogP contribution in [0.15, 0.2) is 0 Å². The van der Waals surface area contributed by atoms with Gasteiger partial charge in [-0.2, -0.15) is 0 Å². The maximum Gasteiger partial charge on any atom is 0.0304 e. The zero-order valence-electron chi connectivity index (χ0n) is 9.39. The average molecular weight is 196 g/mol. The Hall–Kier alpha value is -0.0800. The summed E-state index contributed by atoms with van der Waals surface area (Å²) in [5, 5.41) is 3.74. The Bertz CT molecular complexity index is 179. The summed E-state index contributed by atoms with van der Waals surface area (Å²) in [6.07, 6.45) is 8.16. The third-order valence-electron chi connectivity index (χ3n) is 4.08. The summed E-state index contributed by atoms with van der Waals surface area (Å²) in [4.78, 5) is 0. The highest BCUT2D eigenvalue weighted by atomic mass is 15.0. The Balaban J connectivity index is 1.81. The summed E-state index contributed by atoms with van der Waals surface area (Å²) >= 11 is 0. The molecular formula is C12H24N2. The van der Waals surface area contributed by atoms with Crippen LogP contribution < -0.4 is 11.1 Å². The Morgan fingerprint density at radius 3 is 2.36 bits per heavy atom. The second kappa shape index (κ2) is 4.19. The minimum Gasteiger partial charge on any atom is -0.329 e. The van der Waals surface area contributed by atoms with Gasteiger partial charge in [0.2, 0.25) is 0 Å². The summed E-state index contributed by atoms with van der Waals surface area (Å²) < 4.78 is 0. The van der Waals surface area contributed by atoms with Gasteiger partial charge in [-0.15, -0.1) is 0 Å². The third kappa shape index (κ3) is 2.48. The quantitative estimate of drug-likeness (QED) is 0.720. The highest BCUT2D eigenvalue weighted by molar-refractivity contribution is 4.94. The van der Waals surface area contributed by atoms with Gasteiger partial charge in [-0.1, -0.05) is 6.92 Å². The molecule has 2 saturated carbocycles. The lowest BCUT2D eigenvalue weighted by Crippen LogP contribution is -2.53. The van der Waals surface area contributed by atoms with E-state index in [1.807, 2.05) is 0 Å². The van der Waals surface area contributed by atoms with Crippen molar-refractivity contribution in [1.82, 2.24) is 5.32 Å². The Labute approximate surface area is 87.6 Å². The van der Waals surface area contributed by atoms with E-state index >= 15 is 0 Å². The lowest BCUT2D eigenvalue weighted by atomic mass is 9.77. The first-order valence-electron chi connectivity index (χ1n) is 6.19. The van der Waals surface area contributed by atoms with Gasteiger partial charge in [0.25, 0.3) is 0 Å². The molecule has 0 atom stereocenters. The number of hydrogen-bond acceptors (Lipinski definition) is 2. The summed E-state index contributed by atoms with van der Waals surface area (Å²) in [6, 6.07) is 0. The van der Waals surface area contributed by atoms with Crippen LogP contribution in [0.2, 0.25) is 0 Å². The number of nitrogens with two attached hydrogens (primary N) is 1. The Morgan fingerprint density at radius 1 is 1.21 bits per heavy atom. The molecule has 0 saturated heterocycles. The molecule has 0 radical (unpaired) electrons. The molecule has 0 aromatic carbocycles. The molecule has 0 spiro atoms. The van der Waals surface area contributed by atoms with E-state index in [1.165, 1.54) is 45.1 Å². The second-order valence-corrected chi connectivity index (χ2v) is 5.49. The molecule has 2 nitrogen and oxygen atoms in total. The van der Waals surface area contributed by atoms with Crippen LogP contribution in [0.1, 0.15) is 45.4 Å². The van der Waals surface area contributed by atoms with Gasteiger partial charge in [0.1, 0.15) is 0 Å². The van der Waals surface area contributed by atoms with E-state index in [-0.39, 0.29) is 0 Å². The maximum absolute atomic E-state index is 5.93. The highest BCUT2D eigenvalue weighted by Gasteiger charge is 2.34. The number of nitrogens with one attached hydrogen (secondary N) is 1. The van der Waals surface area contributed by atoms with Crippen molar-refractivity contribution < 1.29 is 0 Å². The predicted molar refractivity (Wildman–Crippen MR) is 60.1 cm³/mol. The molecule has 2 fully saturated rings. The molecule has 2 aliphatic carbocycles. The van der Waals surface area contributed by atoms with Gasteiger partial charge < -0.3 is 11.1 Å². The zero-order chi connectivity index (χ0) is 10.0. The van der Waals surface area contributed by atoms with Crippen molar-refractivity contribution in [2.24, 2.45) is 17.6 Å². The molecular weight excluding hydrogens is 172 g/mol. The van der Waals surface area contributed by atoms with Gasteiger partial charge in [0.15, 0.2) is 0 Å². The largest absolute Gasteiger partial charge is 0.329 e. The van der Waals surface area contributed by atoms with Crippen LogP contribution in [-0.2, 0) is 0 Å². The monoisotopic (exact) mass is 196 g/mol. The van der Waals surface area contributed by atoms with Crippen molar-refractivity contribution in [3.8, 4) is 0 Å². The Kier molecular flexibility index (Phi) is 3.13. The van der Waals surface area contributed by atoms with Crippen LogP contribution in [0.5, 0.6) is 0 Å². The minimum atomic E-state index is 0.301. The van der Waals surface area contributed by atoms with Gasteiger partial charge >= 0.3 is 0 Å². The molecule has 14 heavy (non-hydrogen) atoms. The zero-order valence-corrected chi connectivity index (χ0v) is 9.39. The topological polar surface area (TPSA) is 38.0 Å². The molecule has 82 valence electrons. The van der Waals surface area contributed by atoms with Gasteiger partial charge in [-0.25, -0.2) is 0 Å². The van der Waals surface area contributed by atoms with Gasteiger partial charge in [-0.05, 0) is 56.9 Å². The van der Waals surface area contributed by atoms with E-state index in [9.17, 15) is 0 Å². The molecule has 2 heteroatoms. The summed E-state index contributed by atoms with van der Waals surface area (Å²) in [5.74, 6) is 1.88. The fourth-order valence-corrected chi connectivity index (χ4v) is 2.45. The first-order valence-corrected chi connectivity index (χ1v) is 6.19. The lowest BCUT2D eigenvalue weighted by molar-refractivity contribution is 0.200. The molecule has 0 amide bonds. The van der Waals surface area contributed by atoms with E-state index in [0.29, 0.717) is 5.54 Å². The summed E-state index contributed by atoms with van der Waals surface area (Å²) in [6.45, 7) is 4.40. The summed E-state index contributed by atoms with van der Waals surface area (Å²) in [7, 11) is 0. The highest BCUT2D eigenvalue weighted by Crippen LogP contribution is 2.33. The fourth-order valence-electron chi connectivity index (χ4n) is 2.45. The van der Waals surface area contributed by atoms with Crippen LogP contribution in [-0.4, -0.2) is 18.6 Å². The van der Waals surface area contributed by atoms with Crippen LogP contribution in [0, 0.1) is 11.8 Å². The average Bonchev–Trinajstić information content (AvgIpc) is 3.02. The van der Waals surface area contributed by atoms with Crippen molar-refractivity contribution in [3.63, 3.8) is 0 Å². The van der Waals surface area contributed by atoms with Crippen molar-refractivity contribution in [2.75, 3.05) is 13.1 Å². The first-order chi connectivity index (χ1) is 6.74. The molecule has 0 aromatic heterocycles.